The molecule has 0 aliphatic carbocycles. The molecule has 1 fully saturated rings. The van der Waals surface area contributed by atoms with Crippen LogP contribution < -0.4 is 9.64 Å². The fraction of sp³-hybridized carbons (Fsp3) is 0.292. The van der Waals surface area contributed by atoms with Crippen LogP contribution in [0.2, 0.25) is 0 Å². The second kappa shape index (κ2) is 8.57. The number of fused-ring (bicyclic) bond motifs is 2. The molecule has 1 atom stereocenters. The molecular formula is C24H26N4O4. The van der Waals surface area contributed by atoms with Gasteiger partial charge in [-0.05, 0) is 36.4 Å². The fourth-order valence-electron chi connectivity index (χ4n) is 4.42. The molecule has 1 saturated heterocycles. The van der Waals surface area contributed by atoms with Gasteiger partial charge in [-0.25, -0.2) is 4.79 Å². The van der Waals surface area contributed by atoms with Gasteiger partial charge in [-0.2, -0.15) is 0 Å². The van der Waals surface area contributed by atoms with E-state index in [1.54, 1.807) is 24.3 Å². The van der Waals surface area contributed by atoms with Crippen LogP contribution in [0.4, 0.5) is 5.69 Å². The van der Waals surface area contributed by atoms with Gasteiger partial charge in [0.05, 0.1) is 0 Å². The van der Waals surface area contributed by atoms with Crippen molar-refractivity contribution in [3.05, 3.63) is 60.4 Å². The summed E-state index contributed by atoms with van der Waals surface area (Å²) in [6.45, 7) is 4.22. The number of aromatic amines is 2. The van der Waals surface area contributed by atoms with Gasteiger partial charge in [-0.3, -0.25) is 4.90 Å². The van der Waals surface area contributed by atoms with E-state index in [9.17, 15) is 15.0 Å². The number of anilines is 1. The number of hydrogen-bond donors (Lipinski definition) is 4. The number of β-amino-alcohol motifs (C(OH)–C–C–N with tert-alkyl or cyclic N) is 1. The van der Waals surface area contributed by atoms with Crippen LogP contribution in [0.1, 0.15) is 10.5 Å². The van der Waals surface area contributed by atoms with Crippen molar-refractivity contribution in [2.24, 2.45) is 0 Å². The first-order valence-electron chi connectivity index (χ1n) is 10.8. The predicted molar refractivity (Wildman–Crippen MR) is 124 cm³/mol. The Morgan fingerprint density at radius 1 is 1.03 bits per heavy atom. The number of nitrogens with zero attached hydrogens (tertiary/aromatic N) is 2. The summed E-state index contributed by atoms with van der Waals surface area (Å²) in [6.07, 6.45) is 1.33. The van der Waals surface area contributed by atoms with E-state index >= 15 is 0 Å². The number of rotatable bonds is 7. The minimum atomic E-state index is -1.01. The molecule has 0 radical (unpaired) electrons. The highest BCUT2D eigenvalue weighted by atomic mass is 16.5. The molecule has 4 N–H and O–H groups in total. The molecule has 1 unspecified atom stereocenters. The van der Waals surface area contributed by atoms with Crippen LogP contribution in [0.25, 0.3) is 21.8 Å². The summed E-state index contributed by atoms with van der Waals surface area (Å²) in [4.78, 5) is 22.0. The van der Waals surface area contributed by atoms with E-state index in [1.807, 2.05) is 6.20 Å². The Hall–Kier alpha value is -3.49. The van der Waals surface area contributed by atoms with Gasteiger partial charge in [0.1, 0.15) is 24.2 Å². The third-order valence-corrected chi connectivity index (χ3v) is 6.04. The molecule has 5 rings (SSSR count). The molecule has 8 nitrogen and oxygen atoms in total. The third-order valence-electron chi connectivity index (χ3n) is 6.04. The SMILES string of the molecule is O=C(O)c1cc2c(OCC(O)CN3CCN(c4cccc5[nH]ccc45)CC3)cccc2[nH]1. The Labute approximate surface area is 185 Å². The molecule has 4 aromatic rings. The van der Waals surface area contributed by atoms with Crippen LogP contribution in [0.3, 0.4) is 0 Å². The van der Waals surface area contributed by atoms with Crippen molar-refractivity contribution in [3.8, 4) is 5.75 Å². The van der Waals surface area contributed by atoms with Crippen LogP contribution in [-0.4, -0.2) is 76.5 Å². The minimum Gasteiger partial charge on any atom is -0.490 e. The Balaban J connectivity index is 1.16. The second-order valence-corrected chi connectivity index (χ2v) is 8.17. The third kappa shape index (κ3) is 4.02. The van der Waals surface area contributed by atoms with Crippen LogP contribution in [0.15, 0.2) is 54.7 Å². The summed E-state index contributed by atoms with van der Waals surface area (Å²) in [5.41, 5.74) is 3.20. The number of aromatic carboxylic acids is 1. The van der Waals surface area contributed by atoms with Gasteiger partial charge in [0.25, 0.3) is 0 Å². The highest BCUT2D eigenvalue weighted by Gasteiger charge is 2.21. The molecule has 0 bridgehead atoms. The quantitative estimate of drug-likeness (QED) is 0.357. The van der Waals surface area contributed by atoms with Crippen molar-refractivity contribution >= 4 is 33.5 Å². The summed E-state index contributed by atoms with van der Waals surface area (Å²) in [7, 11) is 0. The lowest BCUT2D eigenvalue weighted by Gasteiger charge is -2.37. The average Bonchev–Trinajstić information content (AvgIpc) is 3.45. The highest BCUT2D eigenvalue weighted by molar-refractivity contribution is 5.96. The number of carboxylic acids is 1. The van der Waals surface area contributed by atoms with Gasteiger partial charge in [-0.15, -0.1) is 0 Å². The number of carbonyl (C=O) groups is 1. The number of nitrogens with one attached hydrogen (secondary N) is 2. The minimum absolute atomic E-state index is 0.116. The fourth-order valence-corrected chi connectivity index (χ4v) is 4.42. The van der Waals surface area contributed by atoms with Gasteiger partial charge in [0.15, 0.2) is 0 Å². The summed E-state index contributed by atoms with van der Waals surface area (Å²) in [5.74, 6) is -0.450. The maximum Gasteiger partial charge on any atom is 0.352 e. The lowest BCUT2D eigenvalue weighted by atomic mass is 10.1. The number of benzene rings is 2. The van der Waals surface area contributed by atoms with Crippen molar-refractivity contribution < 1.29 is 19.7 Å². The zero-order valence-electron chi connectivity index (χ0n) is 17.6. The maximum atomic E-state index is 11.2. The van der Waals surface area contributed by atoms with E-state index in [0.717, 1.165) is 31.7 Å². The standard InChI is InChI=1S/C24H26N4O4/c29-16(15-32-23-6-2-4-20-18(23)13-21(26-20)24(30)31)14-27-9-11-28(12-10-27)22-5-1-3-19-17(22)7-8-25-19/h1-8,13,16,25-26,29H,9-12,14-15H2,(H,30,31). The number of carboxylic acid groups (broad SMARTS) is 1. The van der Waals surface area contributed by atoms with E-state index in [2.05, 4.69) is 44.0 Å². The van der Waals surface area contributed by atoms with Crippen LogP contribution in [0.5, 0.6) is 5.75 Å². The van der Waals surface area contributed by atoms with E-state index < -0.39 is 12.1 Å². The first kappa shape index (κ1) is 20.4. The number of piperazine rings is 1. The summed E-state index contributed by atoms with van der Waals surface area (Å²) >= 11 is 0. The van der Waals surface area contributed by atoms with Crippen LogP contribution >= 0.6 is 0 Å². The van der Waals surface area contributed by atoms with Crippen LogP contribution in [-0.2, 0) is 0 Å². The van der Waals surface area contributed by atoms with E-state index in [-0.39, 0.29) is 12.3 Å². The summed E-state index contributed by atoms with van der Waals surface area (Å²) < 4.78 is 5.84. The number of aliphatic hydroxyl groups is 1. The molecule has 0 amide bonds. The summed E-state index contributed by atoms with van der Waals surface area (Å²) in [6, 6.07) is 15.4. The monoisotopic (exact) mass is 434 g/mol. The average molecular weight is 434 g/mol. The van der Waals surface area contributed by atoms with Crippen molar-refractivity contribution in [2.45, 2.75) is 6.10 Å². The molecule has 1 aliphatic rings. The van der Waals surface area contributed by atoms with E-state index in [4.69, 9.17) is 4.74 Å². The van der Waals surface area contributed by atoms with Crippen molar-refractivity contribution in [3.63, 3.8) is 0 Å². The van der Waals surface area contributed by atoms with Crippen LogP contribution in [0, 0.1) is 0 Å². The van der Waals surface area contributed by atoms with E-state index in [1.165, 1.54) is 11.1 Å². The van der Waals surface area contributed by atoms with Crippen molar-refractivity contribution in [2.75, 3.05) is 44.2 Å². The van der Waals surface area contributed by atoms with Gasteiger partial charge < -0.3 is 29.8 Å². The first-order valence-corrected chi connectivity index (χ1v) is 10.8. The van der Waals surface area contributed by atoms with E-state index in [0.29, 0.717) is 23.2 Å². The van der Waals surface area contributed by atoms with Crippen molar-refractivity contribution in [1.29, 1.82) is 0 Å². The largest absolute Gasteiger partial charge is 0.490 e. The zero-order chi connectivity index (χ0) is 22.1. The predicted octanol–water partition coefficient (Wildman–Crippen LogP) is 2.91. The topological polar surface area (TPSA) is 105 Å². The molecular weight excluding hydrogens is 408 g/mol. The molecule has 3 heterocycles. The zero-order valence-corrected chi connectivity index (χ0v) is 17.6. The van der Waals surface area contributed by atoms with Crippen molar-refractivity contribution in [1.82, 2.24) is 14.9 Å². The number of ether oxygens (including phenoxy) is 1. The van der Waals surface area contributed by atoms with Gasteiger partial charge in [0, 0.05) is 66.4 Å². The molecule has 32 heavy (non-hydrogen) atoms. The first-order chi connectivity index (χ1) is 15.6. The number of hydrogen-bond acceptors (Lipinski definition) is 5. The number of aromatic nitrogens is 2. The lowest BCUT2D eigenvalue weighted by molar-refractivity contribution is 0.0667. The molecule has 2 aromatic carbocycles. The highest BCUT2D eigenvalue weighted by Crippen LogP contribution is 2.28. The van der Waals surface area contributed by atoms with Gasteiger partial charge >= 0.3 is 5.97 Å². The molecule has 0 spiro atoms. The van der Waals surface area contributed by atoms with Gasteiger partial charge in [0.2, 0.25) is 0 Å². The smallest absolute Gasteiger partial charge is 0.352 e. The molecule has 2 aromatic heterocycles. The maximum absolute atomic E-state index is 11.2. The number of H-pyrrole nitrogens is 2. The number of aliphatic hydroxyl groups excluding tert-OH is 1. The molecule has 166 valence electrons. The Morgan fingerprint density at radius 3 is 2.62 bits per heavy atom. The molecule has 8 heteroatoms. The molecule has 0 saturated carbocycles. The molecule has 1 aliphatic heterocycles. The summed E-state index contributed by atoms with van der Waals surface area (Å²) in [5, 5.41) is 21.7. The lowest BCUT2D eigenvalue weighted by Crippen LogP contribution is -2.49. The van der Waals surface area contributed by atoms with Gasteiger partial charge in [-0.1, -0.05) is 12.1 Å². The second-order valence-electron chi connectivity index (χ2n) is 8.17. The Bertz CT molecular complexity index is 1240. The Morgan fingerprint density at radius 2 is 1.81 bits per heavy atom. The Kier molecular flexibility index (Phi) is 5.46. The normalized spacial score (nSPS) is 16.0.